The van der Waals surface area contributed by atoms with Crippen molar-refractivity contribution >= 4 is 47.6 Å². The fraction of sp³-hybridized carbons (Fsp3) is 0.417. The summed E-state index contributed by atoms with van der Waals surface area (Å²) in [4.78, 5) is 19.0. The van der Waals surface area contributed by atoms with Gasteiger partial charge in [0.25, 0.3) is 5.91 Å². The standard InChI is InChI=1S/C24H31FN4OS.HI/c1-26-24(28-16-20-9-10-22(25)14-21(20)17-31-2)27-15-18-7-6-8-19(13-18)23(30)29-11-4-3-5-12-29;/h6-10,13-14H,3-5,11-12,15-17H2,1-2H3,(H2,26,27,28);1H. The first kappa shape index (κ1) is 26.4. The van der Waals surface area contributed by atoms with Gasteiger partial charge in [0.05, 0.1) is 0 Å². The monoisotopic (exact) mass is 570 g/mol. The van der Waals surface area contributed by atoms with Gasteiger partial charge in [-0.2, -0.15) is 11.8 Å². The molecule has 0 atom stereocenters. The molecule has 0 aromatic heterocycles. The van der Waals surface area contributed by atoms with Gasteiger partial charge in [0.1, 0.15) is 5.82 Å². The number of nitrogens with one attached hydrogen (secondary N) is 2. The van der Waals surface area contributed by atoms with Crippen LogP contribution in [0.1, 0.15) is 46.3 Å². The molecule has 0 radical (unpaired) electrons. The van der Waals surface area contributed by atoms with E-state index in [1.54, 1.807) is 24.9 Å². The van der Waals surface area contributed by atoms with Crippen molar-refractivity contribution in [1.82, 2.24) is 15.5 Å². The molecular formula is C24H32FIN4OS. The Balaban J connectivity index is 0.00000363. The summed E-state index contributed by atoms with van der Waals surface area (Å²) in [5.41, 5.74) is 3.79. The van der Waals surface area contributed by atoms with Crippen LogP contribution < -0.4 is 10.6 Å². The molecule has 0 aliphatic carbocycles. The van der Waals surface area contributed by atoms with Crippen LogP contribution in [0.5, 0.6) is 0 Å². The van der Waals surface area contributed by atoms with Crippen molar-refractivity contribution in [3.05, 3.63) is 70.5 Å². The second kappa shape index (κ2) is 13.7. The quantitative estimate of drug-likeness (QED) is 0.286. The first-order chi connectivity index (χ1) is 15.1. The van der Waals surface area contributed by atoms with E-state index in [2.05, 4.69) is 15.6 Å². The molecule has 1 aliphatic heterocycles. The number of rotatable bonds is 7. The molecule has 174 valence electrons. The number of carbonyl (C=O) groups excluding carboxylic acids is 1. The number of carbonyl (C=O) groups is 1. The number of piperidine rings is 1. The first-order valence-corrected chi connectivity index (χ1v) is 12.1. The summed E-state index contributed by atoms with van der Waals surface area (Å²) in [5, 5.41) is 6.59. The highest BCUT2D eigenvalue weighted by Gasteiger charge is 2.18. The predicted octanol–water partition coefficient (Wildman–Crippen LogP) is 4.80. The lowest BCUT2D eigenvalue weighted by Gasteiger charge is -2.26. The van der Waals surface area contributed by atoms with Crippen LogP contribution in [0.15, 0.2) is 47.5 Å². The number of guanidine groups is 1. The highest BCUT2D eigenvalue weighted by Crippen LogP contribution is 2.17. The number of aliphatic imine (C=N–C) groups is 1. The van der Waals surface area contributed by atoms with Gasteiger partial charge in [-0.25, -0.2) is 4.39 Å². The fourth-order valence-electron chi connectivity index (χ4n) is 3.74. The summed E-state index contributed by atoms with van der Waals surface area (Å²) in [6.07, 6.45) is 5.38. The number of likely N-dealkylation sites (tertiary alicyclic amines) is 1. The van der Waals surface area contributed by atoms with E-state index in [-0.39, 0.29) is 35.7 Å². The molecule has 2 aromatic carbocycles. The highest BCUT2D eigenvalue weighted by molar-refractivity contribution is 14.0. The van der Waals surface area contributed by atoms with Crippen molar-refractivity contribution in [3.8, 4) is 0 Å². The maximum Gasteiger partial charge on any atom is 0.253 e. The van der Waals surface area contributed by atoms with E-state index in [0.717, 1.165) is 53.9 Å². The Hall–Kier alpha value is -1.81. The van der Waals surface area contributed by atoms with Gasteiger partial charge >= 0.3 is 0 Å². The molecule has 32 heavy (non-hydrogen) atoms. The lowest BCUT2D eigenvalue weighted by molar-refractivity contribution is 0.0724. The number of halogens is 2. The largest absolute Gasteiger partial charge is 0.352 e. The van der Waals surface area contributed by atoms with Gasteiger partial charge in [-0.3, -0.25) is 9.79 Å². The van der Waals surface area contributed by atoms with Crippen molar-refractivity contribution in [3.63, 3.8) is 0 Å². The Kier molecular flexibility index (Phi) is 11.3. The van der Waals surface area contributed by atoms with E-state index < -0.39 is 0 Å². The van der Waals surface area contributed by atoms with Crippen molar-refractivity contribution < 1.29 is 9.18 Å². The molecule has 0 unspecified atom stereocenters. The van der Waals surface area contributed by atoms with Gasteiger partial charge in [0, 0.05) is 44.5 Å². The van der Waals surface area contributed by atoms with Crippen LogP contribution >= 0.6 is 35.7 Å². The van der Waals surface area contributed by atoms with Crippen LogP contribution in [-0.4, -0.2) is 43.2 Å². The molecular weight excluding hydrogens is 538 g/mol. The molecule has 1 heterocycles. The number of thioether (sulfide) groups is 1. The van der Waals surface area contributed by atoms with Crippen molar-refractivity contribution in [2.45, 2.75) is 38.1 Å². The minimum Gasteiger partial charge on any atom is -0.352 e. The SMILES string of the molecule is CN=C(NCc1cccc(C(=O)N2CCCCC2)c1)NCc1ccc(F)cc1CSC.I. The Morgan fingerprint density at radius 2 is 1.81 bits per heavy atom. The van der Waals surface area contributed by atoms with E-state index in [1.807, 2.05) is 41.5 Å². The molecule has 0 saturated carbocycles. The summed E-state index contributed by atoms with van der Waals surface area (Å²) >= 11 is 1.67. The summed E-state index contributed by atoms with van der Waals surface area (Å²) < 4.78 is 13.6. The van der Waals surface area contributed by atoms with Crippen molar-refractivity contribution in [1.29, 1.82) is 0 Å². The first-order valence-electron chi connectivity index (χ1n) is 10.7. The Morgan fingerprint density at radius 1 is 1.06 bits per heavy atom. The van der Waals surface area contributed by atoms with Gasteiger partial charge in [0.15, 0.2) is 5.96 Å². The van der Waals surface area contributed by atoms with Crippen LogP contribution in [-0.2, 0) is 18.8 Å². The number of hydrogen-bond acceptors (Lipinski definition) is 3. The van der Waals surface area contributed by atoms with Crippen LogP contribution in [0.4, 0.5) is 4.39 Å². The molecule has 0 spiro atoms. The molecule has 1 saturated heterocycles. The topological polar surface area (TPSA) is 56.7 Å². The average Bonchev–Trinajstić information content (AvgIpc) is 2.81. The second-order valence-corrected chi connectivity index (χ2v) is 8.54. The van der Waals surface area contributed by atoms with Gasteiger partial charge < -0.3 is 15.5 Å². The molecule has 2 N–H and O–H groups in total. The lowest BCUT2D eigenvalue weighted by atomic mass is 10.1. The third kappa shape index (κ3) is 7.65. The summed E-state index contributed by atoms with van der Waals surface area (Å²) in [6.45, 7) is 2.81. The zero-order valence-electron chi connectivity index (χ0n) is 18.7. The fourth-order valence-corrected chi connectivity index (χ4v) is 4.32. The molecule has 5 nitrogen and oxygen atoms in total. The van der Waals surface area contributed by atoms with Crippen LogP contribution in [0.3, 0.4) is 0 Å². The van der Waals surface area contributed by atoms with E-state index >= 15 is 0 Å². The molecule has 1 fully saturated rings. The zero-order valence-corrected chi connectivity index (χ0v) is 21.8. The summed E-state index contributed by atoms with van der Waals surface area (Å²) in [5.74, 6) is 1.32. The highest BCUT2D eigenvalue weighted by atomic mass is 127. The molecule has 1 aliphatic rings. The van der Waals surface area contributed by atoms with Crippen LogP contribution in [0.2, 0.25) is 0 Å². The third-order valence-electron chi connectivity index (χ3n) is 5.42. The molecule has 0 bridgehead atoms. The maximum atomic E-state index is 13.6. The summed E-state index contributed by atoms with van der Waals surface area (Å²) in [6, 6.07) is 12.7. The number of hydrogen-bond donors (Lipinski definition) is 2. The zero-order chi connectivity index (χ0) is 22.1. The smallest absolute Gasteiger partial charge is 0.253 e. The minimum absolute atomic E-state index is 0. The van der Waals surface area contributed by atoms with Gasteiger partial charge in [-0.05, 0) is 66.5 Å². The predicted molar refractivity (Wildman–Crippen MR) is 142 cm³/mol. The number of benzene rings is 2. The Labute approximate surface area is 211 Å². The Bertz CT molecular complexity index is 919. The summed E-state index contributed by atoms with van der Waals surface area (Å²) in [7, 11) is 1.72. The Morgan fingerprint density at radius 3 is 2.53 bits per heavy atom. The maximum absolute atomic E-state index is 13.6. The normalized spacial score (nSPS) is 14.0. The van der Waals surface area contributed by atoms with E-state index in [0.29, 0.717) is 19.0 Å². The second-order valence-electron chi connectivity index (χ2n) is 7.68. The average molecular weight is 571 g/mol. The van der Waals surface area contributed by atoms with Crippen LogP contribution in [0, 0.1) is 5.82 Å². The van der Waals surface area contributed by atoms with E-state index in [9.17, 15) is 9.18 Å². The van der Waals surface area contributed by atoms with Gasteiger partial charge in [0.2, 0.25) is 0 Å². The van der Waals surface area contributed by atoms with E-state index in [1.165, 1.54) is 12.5 Å². The molecule has 2 aromatic rings. The number of amides is 1. The van der Waals surface area contributed by atoms with Crippen LogP contribution in [0.25, 0.3) is 0 Å². The van der Waals surface area contributed by atoms with Crippen molar-refractivity contribution in [2.24, 2.45) is 4.99 Å². The molecule has 1 amide bonds. The minimum atomic E-state index is -0.214. The van der Waals surface area contributed by atoms with Gasteiger partial charge in [-0.1, -0.05) is 18.2 Å². The number of nitrogens with zero attached hydrogens (tertiary/aromatic N) is 2. The van der Waals surface area contributed by atoms with E-state index in [4.69, 9.17) is 0 Å². The molecule has 8 heteroatoms. The van der Waals surface area contributed by atoms with Gasteiger partial charge in [-0.15, -0.1) is 24.0 Å². The molecule has 3 rings (SSSR count). The third-order valence-corrected chi connectivity index (χ3v) is 6.01. The lowest BCUT2D eigenvalue weighted by Crippen LogP contribution is -2.37. The van der Waals surface area contributed by atoms with Crippen molar-refractivity contribution in [2.75, 3.05) is 26.4 Å².